The van der Waals surface area contributed by atoms with Gasteiger partial charge in [-0.2, -0.15) is 5.10 Å². The average molecular weight is 593 g/mol. The Labute approximate surface area is 263 Å². The number of aryl methyl sites for hydroxylation is 2. The molecule has 0 N–H and O–H groups in total. The van der Waals surface area contributed by atoms with Gasteiger partial charge in [-0.15, -0.1) is 0 Å². The molecular formula is C38H36N6O. The van der Waals surface area contributed by atoms with Crippen molar-refractivity contribution in [1.29, 1.82) is 0 Å². The lowest BCUT2D eigenvalue weighted by atomic mass is 10.0. The van der Waals surface area contributed by atoms with Crippen LogP contribution in [0.3, 0.4) is 0 Å². The summed E-state index contributed by atoms with van der Waals surface area (Å²) in [7, 11) is 8.28. The molecule has 7 aromatic rings. The van der Waals surface area contributed by atoms with Gasteiger partial charge in [-0.25, -0.2) is 9.67 Å². The summed E-state index contributed by atoms with van der Waals surface area (Å²) in [5, 5.41) is 7.13. The minimum absolute atomic E-state index is 0.750. The Hall–Kier alpha value is -5.56. The summed E-state index contributed by atoms with van der Waals surface area (Å²) in [6, 6.07) is 31.5. The molecule has 0 radical (unpaired) electrons. The Bertz CT molecular complexity index is 2160. The molecule has 0 fully saturated rings. The number of pyridine rings is 1. The smallest absolute Gasteiger partial charge is 0.137 e. The first-order valence-corrected chi connectivity index (χ1v) is 15.1. The first-order chi connectivity index (χ1) is 21.8. The predicted molar refractivity (Wildman–Crippen MR) is 186 cm³/mol. The Morgan fingerprint density at radius 1 is 0.667 bits per heavy atom. The monoisotopic (exact) mass is 592 g/mol. The molecule has 7 heteroatoms. The SMILES string of the molecule is Cc1cc(Oc2ccc3c4ccccc4n(-c4cc(C)ccn4)c3c2)cc(-n2cc(-c3c(N(C)C)cccc3N(C)C)cn2)c1. The van der Waals surface area contributed by atoms with Gasteiger partial charge in [0.05, 0.1) is 22.9 Å². The largest absolute Gasteiger partial charge is 0.457 e. The summed E-state index contributed by atoms with van der Waals surface area (Å²) in [4.78, 5) is 9.00. The average Bonchev–Trinajstić information content (AvgIpc) is 3.63. The molecule has 7 rings (SSSR count). The van der Waals surface area contributed by atoms with Crippen LogP contribution in [-0.2, 0) is 0 Å². The number of para-hydroxylation sites is 1. The van der Waals surface area contributed by atoms with Crippen molar-refractivity contribution in [2.75, 3.05) is 38.0 Å². The second kappa shape index (κ2) is 11.2. The molecule has 4 aromatic carbocycles. The molecule has 0 saturated heterocycles. The zero-order valence-corrected chi connectivity index (χ0v) is 26.5. The number of benzene rings is 4. The second-order valence-electron chi connectivity index (χ2n) is 12.0. The van der Waals surface area contributed by atoms with Crippen molar-refractivity contribution < 1.29 is 4.74 Å². The molecule has 3 heterocycles. The van der Waals surface area contributed by atoms with E-state index in [2.05, 4.69) is 135 Å². The van der Waals surface area contributed by atoms with E-state index in [9.17, 15) is 0 Å². The molecular weight excluding hydrogens is 556 g/mol. The zero-order valence-electron chi connectivity index (χ0n) is 26.5. The van der Waals surface area contributed by atoms with Crippen molar-refractivity contribution in [1.82, 2.24) is 19.3 Å². The van der Waals surface area contributed by atoms with Crippen molar-refractivity contribution in [3.05, 3.63) is 121 Å². The van der Waals surface area contributed by atoms with Crippen LogP contribution in [0.1, 0.15) is 11.1 Å². The van der Waals surface area contributed by atoms with Crippen LogP contribution in [0.15, 0.2) is 110 Å². The van der Waals surface area contributed by atoms with E-state index in [0.29, 0.717) is 0 Å². The Morgan fingerprint density at radius 2 is 1.42 bits per heavy atom. The van der Waals surface area contributed by atoms with Crippen LogP contribution >= 0.6 is 0 Å². The molecule has 45 heavy (non-hydrogen) atoms. The van der Waals surface area contributed by atoms with Crippen LogP contribution in [-0.4, -0.2) is 47.5 Å². The van der Waals surface area contributed by atoms with Crippen molar-refractivity contribution >= 4 is 33.2 Å². The summed E-state index contributed by atoms with van der Waals surface area (Å²) in [5.74, 6) is 2.40. The number of rotatable bonds is 7. The van der Waals surface area contributed by atoms with Gasteiger partial charge in [0.15, 0.2) is 0 Å². The van der Waals surface area contributed by atoms with Crippen LogP contribution in [0.25, 0.3) is 44.4 Å². The first kappa shape index (κ1) is 28.2. The van der Waals surface area contributed by atoms with Gasteiger partial charge >= 0.3 is 0 Å². The highest BCUT2D eigenvalue weighted by Gasteiger charge is 2.17. The number of hydrogen-bond donors (Lipinski definition) is 0. The summed E-state index contributed by atoms with van der Waals surface area (Å²) >= 11 is 0. The molecule has 0 aliphatic carbocycles. The second-order valence-corrected chi connectivity index (χ2v) is 12.0. The quantitative estimate of drug-likeness (QED) is 0.186. The summed E-state index contributed by atoms with van der Waals surface area (Å²) in [6.07, 6.45) is 5.89. The minimum Gasteiger partial charge on any atom is -0.457 e. The molecule has 0 spiro atoms. The molecule has 0 aliphatic heterocycles. The van der Waals surface area contributed by atoms with Crippen LogP contribution in [0.4, 0.5) is 11.4 Å². The molecule has 0 unspecified atom stereocenters. The molecule has 7 nitrogen and oxygen atoms in total. The van der Waals surface area contributed by atoms with Crippen LogP contribution in [0, 0.1) is 13.8 Å². The Morgan fingerprint density at radius 3 is 2.18 bits per heavy atom. The fraction of sp³-hybridized carbons (Fsp3) is 0.158. The van der Waals surface area contributed by atoms with Gasteiger partial charge in [-0.1, -0.05) is 24.3 Å². The lowest BCUT2D eigenvalue weighted by molar-refractivity contribution is 0.482. The van der Waals surface area contributed by atoms with E-state index in [1.54, 1.807) is 0 Å². The van der Waals surface area contributed by atoms with E-state index in [0.717, 1.165) is 73.1 Å². The van der Waals surface area contributed by atoms with Crippen LogP contribution in [0.2, 0.25) is 0 Å². The summed E-state index contributed by atoms with van der Waals surface area (Å²) < 4.78 is 10.7. The van der Waals surface area contributed by atoms with E-state index in [1.165, 1.54) is 5.39 Å². The lowest BCUT2D eigenvalue weighted by Crippen LogP contribution is -2.14. The maximum Gasteiger partial charge on any atom is 0.137 e. The summed E-state index contributed by atoms with van der Waals surface area (Å²) in [5.41, 5.74) is 9.83. The zero-order chi connectivity index (χ0) is 31.2. The predicted octanol–water partition coefficient (Wildman–Crippen LogP) is 8.57. The molecule has 0 bridgehead atoms. The third-order valence-electron chi connectivity index (χ3n) is 8.17. The maximum atomic E-state index is 6.54. The third kappa shape index (κ3) is 5.16. The van der Waals surface area contributed by atoms with Gasteiger partial charge in [0, 0.05) is 86.0 Å². The lowest BCUT2D eigenvalue weighted by Gasteiger charge is -2.23. The number of nitrogens with zero attached hydrogens (tertiary/aromatic N) is 6. The van der Waals surface area contributed by atoms with Crippen molar-refractivity contribution in [2.24, 2.45) is 0 Å². The number of ether oxygens (including phenoxy) is 1. The molecule has 0 aliphatic rings. The van der Waals surface area contributed by atoms with Crippen LogP contribution < -0.4 is 14.5 Å². The van der Waals surface area contributed by atoms with Gasteiger partial charge in [-0.3, -0.25) is 4.57 Å². The minimum atomic E-state index is 0.750. The summed E-state index contributed by atoms with van der Waals surface area (Å²) in [6.45, 7) is 4.17. The van der Waals surface area contributed by atoms with E-state index in [4.69, 9.17) is 14.8 Å². The van der Waals surface area contributed by atoms with Gasteiger partial charge < -0.3 is 14.5 Å². The third-order valence-corrected chi connectivity index (χ3v) is 8.17. The van der Waals surface area contributed by atoms with E-state index in [-0.39, 0.29) is 0 Å². The highest BCUT2D eigenvalue weighted by Crippen LogP contribution is 2.39. The number of hydrogen-bond acceptors (Lipinski definition) is 5. The van der Waals surface area contributed by atoms with E-state index < -0.39 is 0 Å². The first-order valence-electron chi connectivity index (χ1n) is 15.1. The highest BCUT2D eigenvalue weighted by molar-refractivity contribution is 6.09. The molecule has 3 aromatic heterocycles. The maximum absolute atomic E-state index is 6.54. The van der Waals surface area contributed by atoms with Gasteiger partial charge in [-0.05, 0) is 79.6 Å². The van der Waals surface area contributed by atoms with Crippen molar-refractivity contribution in [2.45, 2.75) is 13.8 Å². The number of anilines is 2. The number of aromatic nitrogens is 4. The van der Waals surface area contributed by atoms with Crippen molar-refractivity contribution in [3.63, 3.8) is 0 Å². The molecule has 0 amide bonds. The van der Waals surface area contributed by atoms with Crippen molar-refractivity contribution in [3.8, 4) is 34.1 Å². The normalized spacial score (nSPS) is 11.3. The Kier molecular flexibility index (Phi) is 7.01. The van der Waals surface area contributed by atoms with Gasteiger partial charge in [0.25, 0.3) is 0 Å². The standard InChI is InChI=1S/C38H36N6O/c1-25-16-17-39-37(20-25)44-33-11-8-7-10-31(33)32-15-14-29(22-36(32)44)45-30-19-26(2)18-28(21-30)43-24-27(23-40-43)38-34(41(3)4)12-9-13-35(38)42(5)6/h7-24H,1-6H3. The number of fused-ring (bicyclic) bond motifs is 3. The fourth-order valence-corrected chi connectivity index (χ4v) is 6.12. The molecule has 0 saturated carbocycles. The molecule has 0 atom stereocenters. The Balaban J connectivity index is 1.27. The molecule has 224 valence electrons. The van der Waals surface area contributed by atoms with Crippen LogP contribution in [0.5, 0.6) is 11.5 Å². The van der Waals surface area contributed by atoms with Gasteiger partial charge in [0.2, 0.25) is 0 Å². The fourth-order valence-electron chi connectivity index (χ4n) is 6.12. The topological polar surface area (TPSA) is 51.4 Å². The highest BCUT2D eigenvalue weighted by atomic mass is 16.5. The van der Waals surface area contributed by atoms with E-state index in [1.807, 2.05) is 35.3 Å². The van der Waals surface area contributed by atoms with Gasteiger partial charge in [0.1, 0.15) is 17.3 Å². The van der Waals surface area contributed by atoms with E-state index >= 15 is 0 Å².